The Balaban J connectivity index is 2.49. The molecule has 1 heterocycles. The molecule has 3 N–H and O–H groups in total. The molecule has 1 aromatic heterocycles. The zero-order valence-electron chi connectivity index (χ0n) is 9.93. The molecule has 0 radical (unpaired) electrons. The number of carbonyl (C=O) groups is 1. The second-order valence-electron chi connectivity index (χ2n) is 3.99. The fourth-order valence-electron chi connectivity index (χ4n) is 1.73. The number of nitrogens with two attached hydrogens (primary N) is 1. The van der Waals surface area contributed by atoms with Gasteiger partial charge in [-0.05, 0) is 6.92 Å². The quantitative estimate of drug-likeness (QED) is 0.834. The van der Waals surface area contributed by atoms with E-state index < -0.39 is 5.91 Å². The summed E-state index contributed by atoms with van der Waals surface area (Å²) < 4.78 is 0. The van der Waals surface area contributed by atoms with Gasteiger partial charge in [-0.3, -0.25) is 9.59 Å². The largest absolute Gasteiger partial charge is 0.369 e. The molecule has 92 valence electrons. The number of aryl methyl sites for hydroxylation is 1. The van der Waals surface area contributed by atoms with Crippen LogP contribution in [0, 0.1) is 6.92 Å². The van der Waals surface area contributed by atoms with Crippen LogP contribution in [0.2, 0.25) is 0 Å². The van der Waals surface area contributed by atoms with Crippen LogP contribution in [0.3, 0.4) is 0 Å². The summed E-state index contributed by atoms with van der Waals surface area (Å²) >= 11 is 0. The van der Waals surface area contributed by atoms with Crippen molar-refractivity contribution >= 4 is 5.91 Å². The Labute approximate surface area is 104 Å². The molecule has 0 bridgehead atoms. The van der Waals surface area contributed by atoms with Crippen molar-refractivity contribution in [3.05, 3.63) is 51.9 Å². The number of hydrogen-bond acceptors (Lipinski definition) is 3. The molecular weight excluding hydrogens is 230 g/mol. The van der Waals surface area contributed by atoms with Gasteiger partial charge in [-0.15, -0.1) is 0 Å². The molecule has 2 aromatic rings. The van der Waals surface area contributed by atoms with Gasteiger partial charge in [0.25, 0.3) is 5.56 Å². The number of hydrogen-bond donors (Lipinski definition) is 2. The van der Waals surface area contributed by atoms with E-state index in [4.69, 9.17) is 5.73 Å². The molecule has 18 heavy (non-hydrogen) atoms. The molecule has 0 atom stereocenters. The Bertz CT molecular complexity index is 632. The standard InChI is InChI=1S/C13H13N3O2/c1-8-10(7-11(14)17)13(18)16-12(15-8)9-5-3-2-4-6-9/h2-6H,7H2,1H3,(H2,14,17)(H,15,16,18). The molecule has 0 saturated carbocycles. The lowest BCUT2D eigenvalue weighted by atomic mass is 10.1. The van der Waals surface area contributed by atoms with Crippen LogP contribution in [0.5, 0.6) is 0 Å². The molecule has 0 aliphatic rings. The number of H-pyrrole nitrogens is 1. The molecule has 0 fully saturated rings. The van der Waals surface area contributed by atoms with Crippen LogP contribution < -0.4 is 11.3 Å². The van der Waals surface area contributed by atoms with Crippen LogP contribution in [-0.2, 0) is 11.2 Å². The minimum absolute atomic E-state index is 0.0940. The van der Waals surface area contributed by atoms with Gasteiger partial charge in [0, 0.05) is 16.8 Å². The second-order valence-corrected chi connectivity index (χ2v) is 3.99. The summed E-state index contributed by atoms with van der Waals surface area (Å²) in [7, 11) is 0. The molecule has 0 aliphatic heterocycles. The van der Waals surface area contributed by atoms with Crippen molar-refractivity contribution in [2.75, 3.05) is 0 Å². The van der Waals surface area contributed by atoms with Crippen molar-refractivity contribution in [3.8, 4) is 11.4 Å². The van der Waals surface area contributed by atoms with E-state index in [1.807, 2.05) is 30.3 Å². The fraction of sp³-hybridized carbons (Fsp3) is 0.154. The molecule has 5 heteroatoms. The SMILES string of the molecule is Cc1nc(-c2ccccc2)[nH]c(=O)c1CC(N)=O. The molecule has 0 unspecified atom stereocenters. The number of primary amides is 1. The molecule has 0 aliphatic carbocycles. The fourth-order valence-corrected chi connectivity index (χ4v) is 1.73. The van der Waals surface area contributed by atoms with Gasteiger partial charge in [0.15, 0.2) is 0 Å². The van der Waals surface area contributed by atoms with E-state index in [0.717, 1.165) is 5.56 Å². The third-order valence-electron chi connectivity index (χ3n) is 2.62. The maximum absolute atomic E-state index is 11.9. The molecule has 1 aromatic carbocycles. The lowest BCUT2D eigenvalue weighted by molar-refractivity contribution is -0.117. The van der Waals surface area contributed by atoms with E-state index in [0.29, 0.717) is 17.1 Å². The zero-order chi connectivity index (χ0) is 13.1. The first-order chi connectivity index (χ1) is 8.58. The van der Waals surface area contributed by atoms with Gasteiger partial charge in [-0.25, -0.2) is 4.98 Å². The highest BCUT2D eigenvalue weighted by Gasteiger charge is 2.11. The minimum atomic E-state index is -0.544. The van der Waals surface area contributed by atoms with Crippen LogP contribution in [0.1, 0.15) is 11.3 Å². The number of benzene rings is 1. The number of aromatic nitrogens is 2. The van der Waals surface area contributed by atoms with Gasteiger partial charge < -0.3 is 10.7 Å². The lowest BCUT2D eigenvalue weighted by Crippen LogP contribution is -2.24. The summed E-state index contributed by atoms with van der Waals surface area (Å²) in [6, 6.07) is 9.32. The normalized spacial score (nSPS) is 10.3. The second kappa shape index (κ2) is 4.83. The number of rotatable bonds is 3. The number of amides is 1. The third kappa shape index (κ3) is 2.45. The van der Waals surface area contributed by atoms with Crippen molar-refractivity contribution in [2.45, 2.75) is 13.3 Å². The molecule has 2 rings (SSSR count). The van der Waals surface area contributed by atoms with Gasteiger partial charge >= 0.3 is 0 Å². The van der Waals surface area contributed by atoms with Crippen LogP contribution in [-0.4, -0.2) is 15.9 Å². The van der Waals surface area contributed by atoms with Gasteiger partial charge in [0.2, 0.25) is 5.91 Å². The number of carbonyl (C=O) groups excluding carboxylic acids is 1. The zero-order valence-corrected chi connectivity index (χ0v) is 9.93. The summed E-state index contributed by atoms with van der Waals surface area (Å²) in [6.45, 7) is 1.69. The van der Waals surface area contributed by atoms with E-state index in [-0.39, 0.29) is 12.0 Å². The van der Waals surface area contributed by atoms with Crippen LogP contribution >= 0.6 is 0 Å². The van der Waals surface area contributed by atoms with Crippen molar-refractivity contribution in [1.82, 2.24) is 9.97 Å². The smallest absolute Gasteiger partial charge is 0.255 e. The highest BCUT2D eigenvalue weighted by atomic mass is 16.1. The van der Waals surface area contributed by atoms with Crippen LogP contribution in [0.25, 0.3) is 11.4 Å². The van der Waals surface area contributed by atoms with E-state index in [1.54, 1.807) is 6.92 Å². The predicted octanol–water partition coefficient (Wildman–Crippen LogP) is 0.773. The van der Waals surface area contributed by atoms with Gasteiger partial charge in [0.1, 0.15) is 5.82 Å². The van der Waals surface area contributed by atoms with Crippen LogP contribution in [0.4, 0.5) is 0 Å². The summed E-state index contributed by atoms with van der Waals surface area (Å²) in [5, 5.41) is 0. The minimum Gasteiger partial charge on any atom is -0.369 e. The number of aromatic amines is 1. The summed E-state index contributed by atoms with van der Waals surface area (Å²) in [4.78, 5) is 29.7. The first-order valence-electron chi connectivity index (χ1n) is 5.51. The van der Waals surface area contributed by atoms with E-state index in [9.17, 15) is 9.59 Å². The van der Waals surface area contributed by atoms with E-state index >= 15 is 0 Å². The Morgan fingerprint density at radius 3 is 2.56 bits per heavy atom. The Morgan fingerprint density at radius 1 is 1.33 bits per heavy atom. The van der Waals surface area contributed by atoms with Gasteiger partial charge in [-0.2, -0.15) is 0 Å². The highest BCUT2D eigenvalue weighted by molar-refractivity contribution is 5.76. The third-order valence-corrected chi connectivity index (χ3v) is 2.62. The summed E-state index contributed by atoms with van der Waals surface area (Å²) in [6.07, 6.45) is -0.0940. The first kappa shape index (κ1) is 12.0. The topological polar surface area (TPSA) is 88.8 Å². The molecular formula is C13H13N3O2. The summed E-state index contributed by atoms with van der Waals surface area (Å²) in [5.74, 6) is -0.0517. The predicted molar refractivity (Wildman–Crippen MR) is 67.9 cm³/mol. The molecule has 0 saturated heterocycles. The Hall–Kier alpha value is -2.43. The van der Waals surface area contributed by atoms with Crippen molar-refractivity contribution in [2.24, 2.45) is 5.73 Å². The van der Waals surface area contributed by atoms with E-state index in [1.165, 1.54) is 0 Å². The maximum atomic E-state index is 11.9. The Morgan fingerprint density at radius 2 is 2.00 bits per heavy atom. The number of nitrogens with zero attached hydrogens (tertiary/aromatic N) is 1. The number of nitrogens with one attached hydrogen (secondary N) is 1. The Kier molecular flexibility index (Phi) is 3.23. The monoisotopic (exact) mass is 243 g/mol. The van der Waals surface area contributed by atoms with E-state index in [2.05, 4.69) is 9.97 Å². The highest BCUT2D eigenvalue weighted by Crippen LogP contribution is 2.13. The summed E-state index contributed by atoms with van der Waals surface area (Å²) in [5.41, 5.74) is 6.44. The van der Waals surface area contributed by atoms with Crippen molar-refractivity contribution in [3.63, 3.8) is 0 Å². The molecule has 5 nitrogen and oxygen atoms in total. The average molecular weight is 243 g/mol. The van der Waals surface area contributed by atoms with Crippen molar-refractivity contribution < 1.29 is 4.79 Å². The molecule has 1 amide bonds. The van der Waals surface area contributed by atoms with Gasteiger partial charge in [-0.1, -0.05) is 30.3 Å². The van der Waals surface area contributed by atoms with Crippen LogP contribution in [0.15, 0.2) is 35.1 Å². The van der Waals surface area contributed by atoms with Crippen molar-refractivity contribution in [1.29, 1.82) is 0 Å². The lowest BCUT2D eigenvalue weighted by Gasteiger charge is -2.05. The molecule has 0 spiro atoms. The first-order valence-corrected chi connectivity index (χ1v) is 5.51. The van der Waals surface area contributed by atoms with Gasteiger partial charge in [0.05, 0.1) is 6.42 Å². The maximum Gasteiger partial charge on any atom is 0.255 e. The average Bonchev–Trinajstić information content (AvgIpc) is 2.34.